The Bertz CT molecular complexity index is 1120. The summed E-state index contributed by atoms with van der Waals surface area (Å²) in [5.41, 5.74) is 5.56. The molecule has 2 heterocycles. The summed E-state index contributed by atoms with van der Waals surface area (Å²) in [4.78, 5) is 37.6. The van der Waals surface area contributed by atoms with Crippen LogP contribution in [0.4, 0.5) is 5.82 Å². The highest BCUT2D eigenvalue weighted by atomic mass is 31.2. The van der Waals surface area contributed by atoms with Crippen LogP contribution in [0, 0.1) is 0 Å². The van der Waals surface area contributed by atoms with E-state index in [1.54, 1.807) is 52.4 Å². The highest BCUT2D eigenvalue weighted by molar-refractivity contribution is 7.59. The van der Waals surface area contributed by atoms with Gasteiger partial charge in [0.1, 0.15) is 29.8 Å². The van der Waals surface area contributed by atoms with E-state index in [9.17, 15) is 14.2 Å². The Hall–Kier alpha value is -2.60. The Labute approximate surface area is 224 Å². The van der Waals surface area contributed by atoms with Gasteiger partial charge >= 0.3 is 11.9 Å². The molecule has 214 valence electrons. The van der Waals surface area contributed by atoms with E-state index in [0.29, 0.717) is 17.7 Å². The number of nitrogens with two attached hydrogens (primary N) is 1. The quantitative estimate of drug-likeness (QED) is 0.157. The number of ether oxygens (including phenoxy) is 3. The highest BCUT2D eigenvalue weighted by Crippen LogP contribution is 2.40. The number of nitrogens with zero attached hydrogens (tertiary/aromatic N) is 4. The molecule has 14 heteroatoms. The van der Waals surface area contributed by atoms with Crippen LogP contribution in [0.1, 0.15) is 67.7 Å². The number of hydrogen-bond donors (Lipinski definition) is 3. The summed E-state index contributed by atoms with van der Waals surface area (Å²) in [6, 6.07) is -0.928. The summed E-state index contributed by atoms with van der Waals surface area (Å²) < 4.78 is 32.4. The third-order valence-electron chi connectivity index (χ3n) is 5.48. The van der Waals surface area contributed by atoms with Crippen molar-refractivity contribution in [3.63, 3.8) is 0 Å². The number of hydrogen-bond acceptors (Lipinski definition) is 10. The molecule has 13 nitrogen and oxygen atoms in total. The number of aromatic nitrogens is 4. The zero-order valence-corrected chi connectivity index (χ0v) is 24.3. The SMILES string of the molecule is CCCCCOC(=O)C(C)(C)NP(=O)(CO[C@@H](C)Cn1cnc2c(N)ncnc21)N[C@H](C)C(=O)OC(C)C. The monoisotopic (exact) mass is 555 g/mol. The average Bonchev–Trinajstić information content (AvgIpc) is 3.23. The molecule has 0 aliphatic carbocycles. The number of nitrogen functional groups attached to an aromatic ring is 1. The molecule has 2 aromatic heterocycles. The largest absolute Gasteiger partial charge is 0.464 e. The Morgan fingerprint density at radius 1 is 1.16 bits per heavy atom. The summed E-state index contributed by atoms with van der Waals surface area (Å²) in [6.45, 7) is 12.6. The predicted octanol–water partition coefficient (Wildman–Crippen LogP) is 3.00. The summed E-state index contributed by atoms with van der Waals surface area (Å²) in [7, 11) is -3.69. The third kappa shape index (κ3) is 9.30. The zero-order valence-electron chi connectivity index (χ0n) is 23.4. The number of rotatable bonds is 16. The lowest BCUT2D eigenvalue weighted by molar-refractivity contribution is -0.149. The smallest absolute Gasteiger partial charge is 0.326 e. The second-order valence-corrected chi connectivity index (χ2v) is 12.3. The van der Waals surface area contributed by atoms with E-state index < -0.39 is 37.1 Å². The summed E-state index contributed by atoms with van der Waals surface area (Å²) >= 11 is 0. The van der Waals surface area contributed by atoms with E-state index >= 15 is 0 Å². The van der Waals surface area contributed by atoms with Crippen molar-refractivity contribution in [3.8, 4) is 0 Å². The first-order valence-electron chi connectivity index (χ1n) is 12.8. The van der Waals surface area contributed by atoms with Crippen LogP contribution in [0.25, 0.3) is 11.2 Å². The minimum absolute atomic E-state index is 0.270. The fraction of sp³-hybridized carbons (Fsp3) is 0.708. The topological polar surface area (TPSA) is 173 Å². The number of carbonyl (C=O) groups is 2. The second kappa shape index (κ2) is 14.0. The van der Waals surface area contributed by atoms with Gasteiger partial charge in [-0.2, -0.15) is 0 Å². The van der Waals surface area contributed by atoms with E-state index in [0.717, 1.165) is 19.3 Å². The minimum Gasteiger partial charge on any atom is -0.464 e. The molecule has 2 aromatic rings. The molecule has 0 spiro atoms. The molecule has 1 unspecified atom stereocenters. The van der Waals surface area contributed by atoms with Crippen molar-refractivity contribution in [2.45, 2.75) is 98.1 Å². The van der Waals surface area contributed by atoms with Gasteiger partial charge in [-0.15, -0.1) is 0 Å². The van der Waals surface area contributed by atoms with Gasteiger partial charge in [0.05, 0.1) is 31.7 Å². The van der Waals surface area contributed by atoms with Gasteiger partial charge in [0.25, 0.3) is 0 Å². The fourth-order valence-electron chi connectivity index (χ4n) is 3.59. The van der Waals surface area contributed by atoms with Crippen LogP contribution < -0.4 is 15.9 Å². The number of fused-ring (bicyclic) bond motifs is 1. The first kappa shape index (κ1) is 31.6. The molecule has 0 amide bonds. The van der Waals surface area contributed by atoms with Gasteiger partial charge in [-0.05, 0) is 48.0 Å². The van der Waals surface area contributed by atoms with Gasteiger partial charge < -0.3 is 24.5 Å². The molecule has 0 saturated carbocycles. The number of esters is 2. The Morgan fingerprint density at radius 3 is 2.53 bits per heavy atom. The Kier molecular flexibility index (Phi) is 11.6. The normalized spacial score (nSPS) is 15.3. The number of unbranched alkanes of at least 4 members (excludes halogenated alkanes) is 2. The molecule has 0 aromatic carbocycles. The van der Waals surface area contributed by atoms with Crippen LogP contribution in [-0.4, -0.2) is 68.2 Å². The van der Waals surface area contributed by atoms with Crippen molar-refractivity contribution in [1.29, 1.82) is 0 Å². The maximum Gasteiger partial charge on any atom is 0.326 e. The molecule has 38 heavy (non-hydrogen) atoms. The van der Waals surface area contributed by atoms with Gasteiger partial charge in [0.2, 0.25) is 7.44 Å². The highest BCUT2D eigenvalue weighted by Gasteiger charge is 2.39. The first-order valence-corrected chi connectivity index (χ1v) is 14.7. The number of carbonyl (C=O) groups excluding carboxylic acids is 2. The van der Waals surface area contributed by atoms with E-state index in [2.05, 4.69) is 32.1 Å². The molecule has 0 aliphatic heterocycles. The second-order valence-electron chi connectivity index (χ2n) is 10.1. The van der Waals surface area contributed by atoms with Gasteiger partial charge in [-0.25, -0.2) is 25.1 Å². The van der Waals surface area contributed by atoms with Crippen LogP contribution in [0.15, 0.2) is 12.7 Å². The van der Waals surface area contributed by atoms with E-state index in [4.69, 9.17) is 19.9 Å². The number of anilines is 1. The minimum atomic E-state index is -3.69. The van der Waals surface area contributed by atoms with Crippen molar-refractivity contribution < 1.29 is 28.4 Å². The van der Waals surface area contributed by atoms with E-state index in [-0.39, 0.29) is 24.9 Å². The molecule has 0 saturated heterocycles. The molecular weight excluding hydrogens is 513 g/mol. The Morgan fingerprint density at radius 2 is 1.87 bits per heavy atom. The van der Waals surface area contributed by atoms with Crippen LogP contribution in [0.3, 0.4) is 0 Å². The third-order valence-corrected chi connectivity index (χ3v) is 7.72. The van der Waals surface area contributed by atoms with Crippen molar-refractivity contribution in [3.05, 3.63) is 12.7 Å². The van der Waals surface area contributed by atoms with Gasteiger partial charge in [-0.1, -0.05) is 19.8 Å². The number of imidazole rings is 1. The van der Waals surface area contributed by atoms with Crippen molar-refractivity contribution >= 4 is 36.4 Å². The lowest BCUT2D eigenvalue weighted by Crippen LogP contribution is -2.50. The van der Waals surface area contributed by atoms with Crippen molar-refractivity contribution in [2.75, 3.05) is 18.7 Å². The van der Waals surface area contributed by atoms with Crippen LogP contribution in [-0.2, 0) is 34.9 Å². The van der Waals surface area contributed by atoms with E-state index in [1.165, 1.54) is 6.33 Å². The average molecular weight is 556 g/mol. The van der Waals surface area contributed by atoms with Crippen LogP contribution in [0.2, 0.25) is 0 Å². The zero-order chi connectivity index (χ0) is 28.5. The molecule has 2 rings (SSSR count). The maximum atomic E-state index is 14.1. The lowest BCUT2D eigenvalue weighted by atomic mass is 10.1. The fourth-order valence-corrected chi connectivity index (χ4v) is 5.98. The van der Waals surface area contributed by atoms with Gasteiger partial charge in [-0.3, -0.25) is 14.2 Å². The lowest BCUT2D eigenvalue weighted by Gasteiger charge is -2.32. The molecule has 0 fully saturated rings. The van der Waals surface area contributed by atoms with Crippen LogP contribution in [0.5, 0.6) is 0 Å². The van der Waals surface area contributed by atoms with Crippen molar-refractivity contribution in [2.24, 2.45) is 0 Å². The number of nitrogens with one attached hydrogen (secondary N) is 2. The van der Waals surface area contributed by atoms with Crippen LogP contribution >= 0.6 is 7.44 Å². The summed E-state index contributed by atoms with van der Waals surface area (Å²) in [6.07, 6.45) is 4.50. The Balaban J connectivity index is 2.14. The summed E-state index contributed by atoms with van der Waals surface area (Å²) in [5.74, 6) is -0.855. The molecule has 4 N–H and O–H groups in total. The van der Waals surface area contributed by atoms with E-state index in [1.807, 2.05) is 0 Å². The maximum absolute atomic E-state index is 14.1. The molecule has 3 atom stereocenters. The first-order chi connectivity index (χ1) is 17.8. The molecule has 0 bridgehead atoms. The van der Waals surface area contributed by atoms with Gasteiger partial charge in [0, 0.05) is 0 Å². The molecular formula is C24H42N7O6P. The van der Waals surface area contributed by atoms with Crippen molar-refractivity contribution in [1.82, 2.24) is 29.7 Å². The standard InChI is InChI=1S/C24H42N7O6P/c1-8-9-10-11-35-23(33)24(6,7)30-38(34,29-18(5)22(32)37-16(2)3)15-36-17(4)12-31-14-28-19-20(25)26-13-27-21(19)31/h13-14,16-18H,8-12,15H2,1-7H3,(H2,25,26,27)(H2,29,30,34)/t17-,18+,38?/m0/s1. The molecule has 0 aliphatic rings. The molecule has 0 radical (unpaired) electrons. The predicted molar refractivity (Wildman–Crippen MR) is 144 cm³/mol. The summed E-state index contributed by atoms with van der Waals surface area (Å²) in [5, 5.41) is 5.70. The van der Waals surface area contributed by atoms with Gasteiger partial charge in [0.15, 0.2) is 11.5 Å².